The third-order valence-electron chi connectivity index (χ3n) is 9.36. The number of rotatable bonds is 38. The molecule has 268 valence electrons. The van der Waals surface area contributed by atoms with Crippen LogP contribution >= 0.6 is 0 Å². The molecule has 0 aromatic carbocycles. The zero-order valence-electron chi connectivity index (χ0n) is 30.8. The van der Waals surface area contributed by atoms with E-state index in [1.807, 2.05) is 0 Å². The second-order valence-electron chi connectivity index (χ2n) is 13.9. The molecular formula is C42H82O3. The summed E-state index contributed by atoms with van der Waals surface area (Å²) >= 11 is 0. The van der Waals surface area contributed by atoms with Gasteiger partial charge in [0.05, 0.1) is 12.2 Å². The fourth-order valence-electron chi connectivity index (χ4n) is 6.44. The lowest BCUT2D eigenvalue weighted by Crippen LogP contribution is -2.23. The molecule has 0 amide bonds. The molecule has 0 aromatic heterocycles. The number of hydrogen-bond acceptors (Lipinski definition) is 3. The van der Waals surface area contributed by atoms with Crippen molar-refractivity contribution >= 4 is 0 Å². The average molecular weight is 635 g/mol. The van der Waals surface area contributed by atoms with Crippen LogP contribution in [-0.4, -0.2) is 35.6 Å². The van der Waals surface area contributed by atoms with Crippen molar-refractivity contribution in [2.75, 3.05) is 13.2 Å². The molecule has 2 unspecified atom stereocenters. The van der Waals surface area contributed by atoms with Crippen LogP contribution in [0.15, 0.2) is 24.3 Å². The van der Waals surface area contributed by atoms with Crippen molar-refractivity contribution in [2.24, 2.45) is 0 Å². The lowest BCUT2D eigenvalue weighted by Gasteiger charge is -2.26. The highest BCUT2D eigenvalue weighted by Gasteiger charge is 2.17. The summed E-state index contributed by atoms with van der Waals surface area (Å²) in [7, 11) is 0. The van der Waals surface area contributed by atoms with Gasteiger partial charge in [0.15, 0.2) is 0 Å². The van der Waals surface area contributed by atoms with E-state index in [2.05, 4.69) is 38.2 Å². The van der Waals surface area contributed by atoms with E-state index in [4.69, 9.17) is 14.9 Å². The van der Waals surface area contributed by atoms with Crippen molar-refractivity contribution in [2.45, 2.75) is 232 Å². The molecule has 0 bridgehead atoms. The largest absolute Gasteiger partial charge is 0.396 e. The van der Waals surface area contributed by atoms with Gasteiger partial charge in [-0.15, -0.1) is 0 Å². The molecule has 0 saturated carbocycles. The minimum absolute atomic E-state index is 0.272. The number of ether oxygens (including phenoxy) is 1. The van der Waals surface area contributed by atoms with E-state index < -0.39 is 0 Å². The van der Waals surface area contributed by atoms with E-state index in [1.54, 1.807) is 0 Å². The van der Waals surface area contributed by atoms with Crippen molar-refractivity contribution in [1.29, 1.82) is 0 Å². The molecule has 45 heavy (non-hydrogen) atoms. The van der Waals surface area contributed by atoms with Crippen LogP contribution in [0.3, 0.4) is 0 Å². The number of allylic oxidation sites excluding steroid dienone is 2. The third kappa shape index (κ3) is 36.0. The monoisotopic (exact) mass is 635 g/mol. The summed E-state index contributed by atoms with van der Waals surface area (Å²) < 4.78 is 7.02. The Hall–Kier alpha value is -0.640. The van der Waals surface area contributed by atoms with E-state index in [1.165, 1.54) is 193 Å². The van der Waals surface area contributed by atoms with Gasteiger partial charge in [0, 0.05) is 13.2 Å². The summed E-state index contributed by atoms with van der Waals surface area (Å²) in [5, 5.41) is 17.7. The lowest BCUT2D eigenvalue weighted by atomic mass is 9.99. The predicted molar refractivity (Wildman–Crippen MR) is 200 cm³/mol. The van der Waals surface area contributed by atoms with Crippen LogP contribution in [0.1, 0.15) is 219 Å². The van der Waals surface area contributed by atoms with Gasteiger partial charge in [0.25, 0.3) is 0 Å². The molecule has 0 aromatic rings. The van der Waals surface area contributed by atoms with Crippen LogP contribution in [0.4, 0.5) is 0 Å². The first-order valence-corrected chi connectivity index (χ1v) is 20.5. The van der Waals surface area contributed by atoms with E-state index in [0.717, 1.165) is 12.8 Å². The lowest BCUT2D eigenvalue weighted by molar-refractivity contribution is -0.0324. The van der Waals surface area contributed by atoms with Gasteiger partial charge in [-0.2, -0.15) is 0 Å². The van der Waals surface area contributed by atoms with Gasteiger partial charge >= 0.3 is 0 Å². The van der Waals surface area contributed by atoms with Crippen LogP contribution in [0.2, 0.25) is 0 Å². The maximum Gasteiger partial charge on any atom is 0.0578 e. The van der Waals surface area contributed by atoms with Crippen molar-refractivity contribution in [3.05, 3.63) is 24.3 Å². The first-order chi connectivity index (χ1) is 22.3. The van der Waals surface area contributed by atoms with E-state index in [0.29, 0.717) is 12.2 Å². The van der Waals surface area contributed by atoms with Gasteiger partial charge in [-0.05, 0) is 64.2 Å². The summed E-state index contributed by atoms with van der Waals surface area (Å²) in [5.74, 6) is 0. The standard InChI is InChI=1S/C42H82O3/c1-3-5-7-23-29-35-41(37-31-25-19-15-11-9-13-17-21-27-33-39-43)45-42(36-30-24-8-6-4-2)38-32-26-20-16-12-10-14-18-22-28-34-40-44/h21-22,27-28,41-44H,3-20,23-26,29-40H2,1-2H3. The van der Waals surface area contributed by atoms with Crippen LogP contribution in [0.25, 0.3) is 0 Å². The topological polar surface area (TPSA) is 49.7 Å². The molecule has 0 aliphatic carbocycles. The second-order valence-corrected chi connectivity index (χ2v) is 13.9. The highest BCUT2D eigenvalue weighted by molar-refractivity contribution is 4.81. The molecule has 0 radical (unpaired) electrons. The van der Waals surface area contributed by atoms with E-state index >= 15 is 0 Å². The highest BCUT2D eigenvalue weighted by Crippen LogP contribution is 2.23. The smallest absolute Gasteiger partial charge is 0.0578 e. The molecule has 2 atom stereocenters. The summed E-state index contributed by atoms with van der Waals surface area (Å²) in [4.78, 5) is 0. The third-order valence-corrected chi connectivity index (χ3v) is 9.36. The van der Waals surface area contributed by atoms with Crippen LogP contribution in [0.5, 0.6) is 0 Å². The van der Waals surface area contributed by atoms with Gasteiger partial charge in [-0.1, -0.05) is 179 Å². The maximum atomic E-state index is 8.86. The van der Waals surface area contributed by atoms with Gasteiger partial charge in [0.2, 0.25) is 0 Å². The normalized spacial score (nSPS) is 13.4. The zero-order valence-corrected chi connectivity index (χ0v) is 30.8. The molecule has 0 fully saturated rings. The molecule has 0 aliphatic rings. The molecular weight excluding hydrogens is 552 g/mol. The van der Waals surface area contributed by atoms with E-state index in [9.17, 15) is 0 Å². The average Bonchev–Trinajstić information content (AvgIpc) is 3.05. The van der Waals surface area contributed by atoms with Gasteiger partial charge in [0.1, 0.15) is 0 Å². The number of aliphatic hydroxyl groups is 2. The minimum Gasteiger partial charge on any atom is -0.396 e. The Morgan fingerprint density at radius 2 is 0.622 bits per heavy atom. The highest BCUT2D eigenvalue weighted by atomic mass is 16.5. The fourth-order valence-corrected chi connectivity index (χ4v) is 6.44. The van der Waals surface area contributed by atoms with Gasteiger partial charge < -0.3 is 14.9 Å². The molecule has 0 aliphatic heterocycles. The second kappa shape index (κ2) is 39.5. The van der Waals surface area contributed by atoms with Crippen molar-refractivity contribution in [3.63, 3.8) is 0 Å². The summed E-state index contributed by atoms with van der Waals surface area (Å²) in [6.07, 6.45) is 51.3. The molecule has 0 saturated heterocycles. The number of hydrogen-bond donors (Lipinski definition) is 2. The molecule has 3 heteroatoms. The van der Waals surface area contributed by atoms with Gasteiger partial charge in [-0.3, -0.25) is 0 Å². The van der Waals surface area contributed by atoms with Crippen LogP contribution in [-0.2, 0) is 4.74 Å². The first kappa shape index (κ1) is 44.4. The summed E-state index contributed by atoms with van der Waals surface area (Å²) in [6, 6.07) is 0. The Labute approximate surface area is 283 Å². The Morgan fingerprint density at radius 1 is 0.356 bits per heavy atom. The molecule has 0 spiro atoms. The first-order valence-electron chi connectivity index (χ1n) is 20.5. The molecule has 3 nitrogen and oxygen atoms in total. The van der Waals surface area contributed by atoms with Crippen LogP contribution < -0.4 is 0 Å². The maximum absolute atomic E-state index is 8.86. The molecule has 0 rings (SSSR count). The zero-order chi connectivity index (χ0) is 32.7. The Balaban J connectivity index is 4.49. The Bertz CT molecular complexity index is 536. The molecule has 0 heterocycles. The SMILES string of the molecule is CCCCCCCC(CCCCCCCCCC=CCCO)OC(CCCCCCC)CCCCCCCCCC=CCCO. The molecule has 2 N–H and O–H groups in total. The summed E-state index contributed by atoms with van der Waals surface area (Å²) in [6.45, 7) is 5.17. The summed E-state index contributed by atoms with van der Waals surface area (Å²) in [5.41, 5.74) is 0. The number of unbranched alkanes of at least 4 members (excludes halogenated alkanes) is 22. The van der Waals surface area contributed by atoms with Crippen molar-refractivity contribution < 1.29 is 14.9 Å². The Morgan fingerprint density at radius 3 is 0.933 bits per heavy atom. The van der Waals surface area contributed by atoms with Crippen molar-refractivity contribution in [3.8, 4) is 0 Å². The number of aliphatic hydroxyl groups excluding tert-OH is 2. The quantitative estimate of drug-likeness (QED) is 0.0525. The van der Waals surface area contributed by atoms with E-state index in [-0.39, 0.29) is 13.2 Å². The predicted octanol–water partition coefficient (Wildman–Crippen LogP) is 13.4. The minimum atomic E-state index is 0.272. The van der Waals surface area contributed by atoms with Gasteiger partial charge in [-0.25, -0.2) is 0 Å². The van der Waals surface area contributed by atoms with Crippen LogP contribution in [0, 0.1) is 0 Å². The van der Waals surface area contributed by atoms with Crippen molar-refractivity contribution in [1.82, 2.24) is 0 Å². The fraction of sp³-hybridized carbons (Fsp3) is 0.905. The Kier molecular flexibility index (Phi) is 39.0.